The molecule has 0 radical (unpaired) electrons. The number of amides is 1. The summed E-state index contributed by atoms with van der Waals surface area (Å²) in [5, 5.41) is 15.0. The van der Waals surface area contributed by atoms with E-state index in [1.54, 1.807) is 55.7 Å². The highest BCUT2D eigenvalue weighted by atomic mass is 35.5. The van der Waals surface area contributed by atoms with Crippen LogP contribution in [0.3, 0.4) is 0 Å². The molecule has 0 aliphatic carbocycles. The molecule has 2 aliphatic rings. The van der Waals surface area contributed by atoms with Crippen LogP contribution in [0, 0.1) is 0 Å². The molecule has 0 bridgehead atoms. The fraction of sp³-hybridized carbons (Fsp3) is 0.267. The fourth-order valence-corrected chi connectivity index (χ4v) is 5.04. The summed E-state index contributed by atoms with van der Waals surface area (Å²) in [5.41, 5.74) is 2.44. The Balaban J connectivity index is 0.000000197. The van der Waals surface area contributed by atoms with Crippen molar-refractivity contribution in [3.8, 4) is 11.4 Å². The van der Waals surface area contributed by atoms with Crippen LogP contribution in [0.15, 0.2) is 65.5 Å². The summed E-state index contributed by atoms with van der Waals surface area (Å²) >= 11 is 5.74. The monoisotopic (exact) mass is 561 g/mol. The predicted octanol–water partition coefficient (Wildman–Crippen LogP) is 5.38. The molecule has 9 nitrogen and oxygen atoms in total. The van der Waals surface area contributed by atoms with Crippen LogP contribution >= 0.6 is 11.6 Å². The summed E-state index contributed by atoms with van der Waals surface area (Å²) in [7, 11) is 0. The minimum Gasteiger partial charge on any atom is -0.458 e. The number of ether oxygens (including phenoxy) is 2. The first-order chi connectivity index (χ1) is 19.1. The van der Waals surface area contributed by atoms with Crippen molar-refractivity contribution in [2.75, 3.05) is 5.32 Å². The molecule has 1 unspecified atom stereocenters. The van der Waals surface area contributed by atoms with E-state index in [4.69, 9.17) is 26.1 Å². The molecule has 2 aromatic heterocycles. The van der Waals surface area contributed by atoms with Gasteiger partial charge in [-0.1, -0.05) is 42.8 Å². The summed E-state index contributed by atoms with van der Waals surface area (Å²) < 4.78 is 11.6. The number of fused-ring (bicyclic) bond motifs is 5. The van der Waals surface area contributed by atoms with Crippen molar-refractivity contribution in [1.29, 1.82) is 0 Å². The molecule has 10 heteroatoms. The Morgan fingerprint density at radius 3 is 2.67 bits per heavy atom. The third-order valence-corrected chi connectivity index (χ3v) is 7.07. The number of hydrogen-bond donors (Lipinski definition) is 2. The third kappa shape index (κ3) is 5.05. The van der Waals surface area contributed by atoms with Crippen LogP contribution in [0.4, 0.5) is 10.5 Å². The van der Waals surface area contributed by atoms with Gasteiger partial charge in [0.25, 0.3) is 5.56 Å². The normalized spacial score (nSPS) is 16.8. The van der Waals surface area contributed by atoms with E-state index in [-0.39, 0.29) is 24.7 Å². The standard InChI is InChI=1S/C20H16N2O4.C10H12ClNO2/c1-2-20(25)14-8-16-17-12(7-11-5-3-4-6-15(11)21-17)9-22(16)18(23)13(14)10-26-19(20)24;1-7(2)14-10(13)12-9-5-3-4-8(11)6-9/h3-8,25H,2,9-10H2,1H3;3-7H,1-2H3,(H,12,13). The number of rotatable bonds is 3. The van der Waals surface area contributed by atoms with Gasteiger partial charge >= 0.3 is 12.1 Å². The van der Waals surface area contributed by atoms with Gasteiger partial charge in [-0.2, -0.15) is 0 Å². The second-order valence-corrected chi connectivity index (χ2v) is 10.3. The number of aromatic nitrogens is 2. The second kappa shape index (κ2) is 10.7. The van der Waals surface area contributed by atoms with Gasteiger partial charge < -0.3 is 19.1 Å². The fourth-order valence-electron chi connectivity index (χ4n) is 4.85. The molecule has 2 aliphatic heterocycles. The number of halogens is 1. The van der Waals surface area contributed by atoms with Crippen molar-refractivity contribution in [3.63, 3.8) is 0 Å². The Morgan fingerprint density at radius 2 is 1.95 bits per heavy atom. The van der Waals surface area contributed by atoms with Crippen molar-refractivity contribution in [2.45, 2.75) is 52.0 Å². The van der Waals surface area contributed by atoms with E-state index in [0.29, 0.717) is 34.1 Å². The van der Waals surface area contributed by atoms with E-state index in [1.165, 1.54) is 0 Å². The number of nitrogens with one attached hydrogen (secondary N) is 1. The molecule has 2 aromatic carbocycles. The van der Waals surface area contributed by atoms with Crippen molar-refractivity contribution in [3.05, 3.63) is 92.7 Å². The van der Waals surface area contributed by atoms with Gasteiger partial charge in [0.1, 0.15) is 6.61 Å². The zero-order valence-electron chi connectivity index (χ0n) is 22.2. The number of pyridine rings is 2. The van der Waals surface area contributed by atoms with E-state index >= 15 is 0 Å². The quantitative estimate of drug-likeness (QED) is 0.284. The number of nitrogens with zero attached hydrogens (tertiary/aromatic N) is 2. The number of esters is 1. The Kier molecular flexibility index (Phi) is 7.35. The molecule has 0 fully saturated rings. The summed E-state index contributed by atoms with van der Waals surface area (Å²) in [6, 6.07) is 18.4. The number of carbonyl (C=O) groups is 2. The molecule has 2 N–H and O–H groups in total. The highest BCUT2D eigenvalue weighted by Crippen LogP contribution is 2.38. The molecule has 1 atom stereocenters. The number of aliphatic hydroxyl groups is 1. The minimum atomic E-state index is -1.79. The molecule has 4 heterocycles. The van der Waals surface area contributed by atoms with Crippen LogP contribution in [-0.2, 0) is 33.0 Å². The van der Waals surface area contributed by atoms with E-state index in [1.807, 2.05) is 30.3 Å². The topological polar surface area (TPSA) is 120 Å². The largest absolute Gasteiger partial charge is 0.458 e. The van der Waals surface area contributed by atoms with E-state index in [2.05, 4.69) is 5.32 Å². The lowest BCUT2D eigenvalue weighted by atomic mass is 9.86. The van der Waals surface area contributed by atoms with Gasteiger partial charge in [-0.05, 0) is 56.7 Å². The molecule has 6 rings (SSSR count). The Hall–Kier alpha value is -4.21. The molecular formula is C30H28ClN3O6. The SMILES string of the molecule is CC(C)OC(=O)Nc1cccc(Cl)c1.CCC1(O)C(=O)OCc2c1cc1n(c2=O)Cc2cc3ccccc3nc2-1. The molecular weight excluding hydrogens is 534 g/mol. The van der Waals surface area contributed by atoms with Gasteiger partial charge in [0, 0.05) is 27.2 Å². The predicted molar refractivity (Wildman–Crippen MR) is 151 cm³/mol. The average Bonchev–Trinajstić information content (AvgIpc) is 3.27. The minimum absolute atomic E-state index is 0.110. The first-order valence-corrected chi connectivity index (χ1v) is 13.3. The molecule has 206 valence electrons. The zero-order chi connectivity index (χ0) is 28.6. The van der Waals surface area contributed by atoms with Crippen LogP contribution in [-0.4, -0.2) is 32.8 Å². The summed E-state index contributed by atoms with van der Waals surface area (Å²) in [6.45, 7) is 5.59. The van der Waals surface area contributed by atoms with Crippen LogP contribution in [0.5, 0.6) is 0 Å². The van der Waals surface area contributed by atoms with E-state index in [9.17, 15) is 19.5 Å². The smallest absolute Gasteiger partial charge is 0.411 e. The number of anilines is 1. The van der Waals surface area contributed by atoms with Gasteiger partial charge in [-0.3, -0.25) is 10.1 Å². The van der Waals surface area contributed by atoms with Crippen LogP contribution in [0.25, 0.3) is 22.3 Å². The lowest BCUT2D eigenvalue weighted by molar-refractivity contribution is -0.172. The van der Waals surface area contributed by atoms with Crippen LogP contribution < -0.4 is 10.9 Å². The lowest BCUT2D eigenvalue weighted by Crippen LogP contribution is -2.44. The highest BCUT2D eigenvalue weighted by molar-refractivity contribution is 6.30. The number of cyclic esters (lactones) is 1. The van der Waals surface area contributed by atoms with Gasteiger partial charge in [-0.15, -0.1) is 0 Å². The van der Waals surface area contributed by atoms with E-state index in [0.717, 1.165) is 22.2 Å². The van der Waals surface area contributed by atoms with Crippen LogP contribution in [0.1, 0.15) is 43.9 Å². The van der Waals surface area contributed by atoms with E-state index < -0.39 is 17.7 Å². The van der Waals surface area contributed by atoms with Crippen molar-refractivity contribution in [2.24, 2.45) is 0 Å². The van der Waals surface area contributed by atoms with Crippen molar-refractivity contribution >= 4 is 40.3 Å². The van der Waals surface area contributed by atoms with Crippen LogP contribution in [0.2, 0.25) is 5.02 Å². The second-order valence-electron chi connectivity index (χ2n) is 9.88. The summed E-state index contributed by atoms with van der Waals surface area (Å²) in [4.78, 5) is 41.0. The van der Waals surface area contributed by atoms with Gasteiger partial charge in [-0.25, -0.2) is 14.6 Å². The van der Waals surface area contributed by atoms with Crippen molar-refractivity contribution in [1.82, 2.24) is 9.55 Å². The molecule has 0 spiro atoms. The Labute approximate surface area is 235 Å². The molecule has 0 saturated carbocycles. The Morgan fingerprint density at radius 1 is 1.18 bits per heavy atom. The number of hydrogen-bond acceptors (Lipinski definition) is 7. The Bertz CT molecular complexity index is 1700. The number of para-hydroxylation sites is 1. The van der Waals surface area contributed by atoms with Gasteiger partial charge in [0.05, 0.1) is 35.1 Å². The van der Waals surface area contributed by atoms with Gasteiger partial charge in [0.2, 0.25) is 0 Å². The maximum absolute atomic E-state index is 13.0. The third-order valence-electron chi connectivity index (χ3n) is 6.83. The van der Waals surface area contributed by atoms with Gasteiger partial charge in [0.15, 0.2) is 5.60 Å². The average molecular weight is 562 g/mol. The molecule has 40 heavy (non-hydrogen) atoms. The first kappa shape index (κ1) is 27.4. The zero-order valence-corrected chi connectivity index (χ0v) is 23.0. The molecule has 1 amide bonds. The highest BCUT2D eigenvalue weighted by Gasteiger charge is 2.45. The summed E-state index contributed by atoms with van der Waals surface area (Å²) in [6.07, 6.45) is -0.462. The summed E-state index contributed by atoms with van der Waals surface area (Å²) in [5.74, 6) is -0.707. The maximum Gasteiger partial charge on any atom is 0.411 e. The number of benzene rings is 2. The molecule has 4 aromatic rings. The van der Waals surface area contributed by atoms with Crippen molar-refractivity contribution < 1.29 is 24.2 Å². The number of carbonyl (C=O) groups excluding carboxylic acids is 2. The first-order valence-electron chi connectivity index (χ1n) is 12.9. The lowest BCUT2D eigenvalue weighted by Gasteiger charge is -2.31. The maximum atomic E-state index is 13.0. The molecule has 0 saturated heterocycles.